The predicted octanol–water partition coefficient (Wildman–Crippen LogP) is 0.818. The van der Waals surface area contributed by atoms with E-state index in [2.05, 4.69) is 4.72 Å². The molecular weight excluding hydrogens is 278 g/mol. The van der Waals surface area contributed by atoms with Crippen LogP contribution < -0.4 is 10.5 Å². The fourth-order valence-electron chi connectivity index (χ4n) is 1.26. The van der Waals surface area contributed by atoms with E-state index in [9.17, 15) is 18.5 Å². The molecule has 7 nitrogen and oxygen atoms in total. The molecule has 0 aliphatic heterocycles. The van der Waals surface area contributed by atoms with Gasteiger partial charge >= 0.3 is 0 Å². The fourth-order valence-corrected chi connectivity index (χ4v) is 2.88. The second-order valence-electron chi connectivity index (χ2n) is 3.37. The molecule has 3 N–H and O–H groups in total. The summed E-state index contributed by atoms with van der Waals surface area (Å²) in [6.45, 7) is 0.213. The van der Waals surface area contributed by atoms with Crippen LogP contribution in [-0.2, 0) is 10.0 Å². The molecule has 1 aromatic carbocycles. The zero-order valence-electron chi connectivity index (χ0n) is 9.62. The number of hydrogen-bond donors (Lipinski definition) is 2. The van der Waals surface area contributed by atoms with Crippen LogP contribution >= 0.6 is 11.8 Å². The third-order valence-electron chi connectivity index (χ3n) is 2.07. The lowest BCUT2D eigenvalue weighted by atomic mass is 10.3. The molecule has 0 aromatic heterocycles. The molecule has 0 fully saturated rings. The standard InChI is InChI=1S/C9H13N3O4S2/c1-17-5-4-11-18(15,16)9-3-2-7(10)6-8(9)12(13)14/h2-3,6,11H,4-5,10H2,1H3. The molecule has 0 radical (unpaired) electrons. The Morgan fingerprint density at radius 1 is 1.50 bits per heavy atom. The van der Waals surface area contributed by atoms with Crippen LogP contribution in [0.2, 0.25) is 0 Å². The molecule has 0 heterocycles. The topological polar surface area (TPSA) is 115 Å². The van der Waals surface area contributed by atoms with Gasteiger partial charge in [-0.3, -0.25) is 10.1 Å². The van der Waals surface area contributed by atoms with Gasteiger partial charge in [-0.15, -0.1) is 0 Å². The first-order valence-corrected chi connectivity index (χ1v) is 7.78. The fraction of sp³-hybridized carbons (Fsp3) is 0.333. The number of nitrogens with one attached hydrogen (secondary N) is 1. The number of nitro benzene ring substituents is 1. The molecule has 0 aliphatic rings. The first-order valence-electron chi connectivity index (χ1n) is 4.91. The van der Waals surface area contributed by atoms with Crippen molar-refractivity contribution in [3.8, 4) is 0 Å². The van der Waals surface area contributed by atoms with E-state index in [1.165, 1.54) is 17.8 Å². The summed E-state index contributed by atoms with van der Waals surface area (Å²) in [6, 6.07) is 3.48. The Bertz CT molecular complexity index is 545. The number of nitro groups is 1. The van der Waals surface area contributed by atoms with Gasteiger partial charge in [-0.25, -0.2) is 13.1 Å². The summed E-state index contributed by atoms with van der Waals surface area (Å²) in [7, 11) is -3.89. The summed E-state index contributed by atoms with van der Waals surface area (Å²) < 4.78 is 26.1. The summed E-state index contributed by atoms with van der Waals surface area (Å²) in [5.41, 5.74) is 5.03. The number of nitrogens with two attached hydrogens (primary N) is 1. The van der Waals surface area contributed by atoms with E-state index in [0.717, 1.165) is 12.1 Å². The molecule has 1 aromatic rings. The number of nitrogen functional groups attached to an aromatic ring is 1. The van der Waals surface area contributed by atoms with Gasteiger partial charge in [0.2, 0.25) is 10.0 Å². The molecule has 9 heteroatoms. The minimum absolute atomic E-state index is 0.143. The van der Waals surface area contributed by atoms with Crippen LogP contribution in [0.3, 0.4) is 0 Å². The van der Waals surface area contributed by atoms with E-state index in [1.54, 1.807) is 0 Å². The van der Waals surface area contributed by atoms with Crippen LogP contribution in [-0.4, -0.2) is 31.9 Å². The highest BCUT2D eigenvalue weighted by Crippen LogP contribution is 2.25. The molecule has 18 heavy (non-hydrogen) atoms. The number of rotatable bonds is 6. The monoisotopic (exact) mass is 291 g/mol. The molecule has 0 spiro atoms. The summed E-state index contributed by atoms with van der Waals surface area (Å²) in [6.07, 6.45) is 1.83. The van der Waals surface area contributed by atoms with Gasteiger partial charge in [0, 0.05) is 24.1 Å². The van der Waals surface area contributed by atoms with Crippen LogP contribution in [0, 0.1) is 10.1 Å². The second-order valence-corrected chi connectivity index (χ2v) is 6.10. The number of nitrogens with zero attached hydrogens (tertiary/aromatic N) is 1. The van der Waals surface area contributed by atoms with E-state index in [4.69, 9.17) is 5.73 Å². The van der Waals surface area contributed by atoms with Gasteiger partial charge in [0.15, 0.2) is 4.90 Å². The first kappa shape index (κ1) is 14.7. The predicted molar refractivity (Wildman–Crippen MR) is 71.1 cm³/mol. The highest BCUT2D eigenvalue weighted by molar-refractivity contribution is 7.98. The first-order chi connectivity index (χ1) is 8.38. The number of anilines is 1. The molecule has 1 rings (SSSR count). The average Bonchev–Trinajstić information content (AvgIpc) is 2.28. The number of benzene rings is 1. The van der Waals surface area contributed by atoms with Gasteiger partial charge in [0.1, 0.15) is 0 Å². The Morgan fingerprint density at radius 2 is 2.17 bits per heavy atom. The van der Waals surface area contributed by atoms with Gasteiger partial charge in [-0.05, 0) is 18.4 Å². The molecule has 0 amide bonds. The maximum atomic E-state index is 11.9. The smallest absolute Gasteiger partial charge is 0.291 e. The lowest BCUT2D eigenvalue weighted by Gasteiger charge is -2.07. The number of hydrogen-bond acceptors (Lipinski definition) is 6. The quantitative estimate of drug-likeness (QED) is 0.347. The molecule has 0 saturated carbocycles. The number of thioether (sulfide) groups is 1. The van der Waals surface area contributed by atoms with Gasteiger partial charge < -0.3 is 5.73 Å². The third-order valence-corrected chi connectivity index (χ3v) is 4.19. The van der Waals surface area contributed by atoms with Crippen LogP contribution in [0.15, 0.2) is 23.1 Å². The van der Waals surface area contributed by atoms with Crippen molar-refractivity contribution in [3.05, 3.63) is 28.3 Å². The summed E-state index contributed by atoms with van der Waals surface area (Å²) in [5.74, 6) is 0.585. The van der Waals surface area contributed by atoms with E-state index in [1.807, 2.05) is 6.26 Å². The third kappa shape index (κ3) is 3.59. The van der Waals surface area contributed by atoms with E-state index >= 15 is 0 Å². The van der Waals surface area contributed by atoms with Crippen LogP contribution in [0.4, 0.5) is 11.4 Å². The largest absolute Gasteiger partial charge is 0.399 e. The maximum Gasteiger partial charge on any atom is 0.291 e. The number of sulfonamides is 1. The molecule has 0 saturated heterocycles. The van der Waals surface area contributed by atoms with Gasteiger partial charge in [0.25, 0.3) is 5.69 Å². The van der Waals surface area contributed by atoms with Crippen molar-refractivity contribution in [1.29, 1.82) is 0 Å². The normalized spacial score (nSPS) is 11.4. The minimum Gasteiger partial charge on any atom is -0.399 e. The zero-order chi connectivity index (χ0) is 13.8. The van der Waals surface area contributed by atoms with Crippen molar-refractivity contribution in [1.82, 2.24) is 4.72 Å². The minimum atomic E-state index is -3.89. The van der Waals surface area contributed by atoms with Crippen molar-refractivity contribution in [2.24, 2.45) is 0 Å². The van der Waals surface area contributed by atoms with Crippen LogP contribution in [0.1, 0.15) is 0 Å². The SMILES string of the molecule is CSCCNS(=O)(=O)c1ccc(N)cc1[N+](=O)[O-]. The molecule has 100 valence electrons. The molecule has 0 aliphatic carbocycles. The molecule has 0 atom stereocenters. The van der Waals surface area contributed by atoms with E-state index in [-0.39, 0.29) is 17.1 Å². The van der Waals surface area contributed by atoms with E-state index in [0.29, 0.717) is 5.75 Å². The Balaban J connectivity index is 3.12. The lowest BCUT2D eigenvalue weighted by Crippen LogP contribution is -2.26. The molecule has 0 unspecified atom stereocenters. The second kappa shape index (κ2) is 6.03. The lowest BCUT2D eigenvalue weighted by molar-refractivity contribution is -0.387. The Hall–Kier alpha value is -1.32. The Morgan fingerprint density at radius 3 is 2.72 bits per heavy atom. The van der Waals surface area contributed by atoms with Gasteiger partial charge in [0.05, 0.1) is 4.92 Å². The van der Waals surface area contributed by atoms with Crippen LogP contribution in [0.25, 0.3) is 0 Å². The van der Waals surface area contributed by atoms with Crippen molar-refractivity contribution in [3.63, 3.8) is 0 Å². The Labute approximate surface area is 109 Å². The molecule has 0 bridgehead atoms. The van der Waals surface area contributed by atoms with Crippen molar-refractivity contribution in [2.45, 2.75) is 4.90 Å². The zero-order valence-corrected chi connectivity index (χ0v) is 11.3. The van der Waals surface area contributed by atoms with Crippen molar-refractivity contribution in [2.75, 3.05) is 24.3 Å². The summed E-state index contributed by atoms with van der Waals surface area (Å²) in [4.78, 5) is 9.67. The van der Waals surface area contributed by atoms with Crippen LogP contribution in [0.5, 0.6) is 0 Å². The summed E-state index contributed by atoms with van der Waals surface area (Å²) in [5, 5.41) is 10.8. The average molecular weight is 291 g/mol. The summed E-state index contributed by atoms with van der Waals surface area (Å²) >= 11 is 1.47. The van der Waals surface area contributed by atoms with E-state index < -0.39 is 20.6 Å². The van der Waals surface area contributed by atoms with Crippen molar-refractivity contribution < 1.29 is 13.3 Å². The maximum absolute atomic E-state index is 11.9. The highest BCUT2D eigenvalue weighted by atomic mass is 32.2. The Kier molecular flexibility index (Phi) is 4.93. The molecular formula is C9H13N3O4S2. The highest BCUT2D eigenvalue weighted by Gasteiger charge is 2.25. The van der Waals surface area contributed by atoms with Crippen molar-refractivity contribution >= 4 is 33.2 Å². The van der Waals surface area contributed by atoms with Gasteiger partial charge in [-0.1, -0.05) is 0 Å². The van der Waals surface area contributed by atoms with Gasteiger partial charge in [-0.2, -0.15) is 11.8 Å².